The van der Waals surface area contributed by atoms with Crippen molar-refractivity contribution in [3.63, 3.8) is 0 Å². The molecule has 1 amide bonds. The lowest BCUT2D eigenvalue weighted by molar-refractivity contribution is -0.143. The van der Waals surface area contributed by atoms with Gasteiger partial charge in [-0.15, -0.1) is 0 Å². The quantitative estimate of drug-likeness (QED) is 0.756. The fraction of sp³-hybridized carbons (Fsp3) is 0.650. The summed E-state index contributed by atoms with van der Waals surface area (Å²) in [6.45, 7) is 10.4. The van der Waals surface area contributed by atoms with Crippen LogP contribution in [0.2, 0.25) is 0 Å². The molecule has 0 saturated carbocycles. The summed E-state index contributed by atoms with van der Waals surface area (Å²) in [5, 5.41) is 4.17. The van der Waals surface area contributed by atoms with E-state index in [9.17, 15) is 18.0 Å². The lowest BCUT2D eigenvalue weighted by Crippen LogP contribution is -2.41. The SMILES string of the molecule is CC(C)C(=O)N1CCC[C@H](c2cc(C(F)(F)F)n3nc(C(C)(C)C)cc3n2)C1. The van der Waals surface area contributed by atoms with Gasteiger partial charge in [0.25, 0.3) is 0 Å². The number of aromatic nitrogens is 3. The van der Waals surface area contributed by atoms with E-state index in [-0.39, 0.29) is 28.8 Å². The number of alkyl halides is 3. The van der Waals surface area contributed by atoms with Crippen molar-refractivity contribution >= 4 is 11.6 Å². The summed E-state index contributed by atoms with van der Waals surface area (Å²) < 4.78 is 42.1. The highest BCUT2D eigenvalue weighted by Crippen LogP contribution is 2.34. The van der Waals surface area contributed by atoms with Crippen LogP contribution in [0.3, 0.4) is 0 Å². The Hall–Kier alpha value is -2.12. The molecular weight excluding hydrogens is 369 g/mol. The maximum absolute atomic E-state index is 13.7. The van der Waals surface area contributed by atoms with Gasteiger partial charge in [-0.3, -0.25) is 4.79 Å². The Morgan fingerprint density at radius 2 is 1.89 bits per heavy atom. The molecule has 1 fully saturated rings. The zero-order valence-electron chi connectivity index (χ0n) is 17.0. The predicted octanol–water partition coefficient (Wildman–Crippen LogP) is 4.41. The highest BCUT2D eigenvalue weighted by Gasteiger charge is 2.37. The van der Waals surface area contributed by atoms with E-state index >= 15 is 0 Å². The van der Waals surface area contributed by atoms with Crippen LogP contribution >= 0.6 is 0 Å². The summed E-state index contributed by atoms with van der Waals surface area (Å²) in [4.78, 5) is 18.6. The van der Waals surface area contributed by atoms with Crippen LogP contribution in [0.25, 0.3) is 5.65 Å². The van der Waals surface area contributed by atoms with Crippen molar-refractivity contribution in [1.29, 1.82) is 0 Å². The Morgan fingerprint density at radius 1 is 1.21 bits per heavy atom. The van der Waals surface area contributed by atoms with Crippen molar-refractivity contribution in [3.05, 3.63) is 29.2 Å². The first-order valence-corrected chi connectivity index (χ1v) is 9.65. The number of likely N-dealkylation sites (tertiary alicyclic amines) is 1. The van der Waals surface area contributed by atoms with Gasteiger partial charge in [-0.1, -0.05) is 34.6 Å². The molecule has 3 heterocycles. The molecular formula is C20H27F3N4O. The van der Waals surface area contributed by atoms with E-state index in [4.69, 9.17) is 0 Å². The molecule has 0 unspecified atom stereocenters. The van der Waals surface area contributed by atoms with Crippen molar-refractivity contribution in [2.75, 3.05) is 13.1 Å². The minimum absolute atomic E-state index is 0.0289. The van der Waals surface area contributed by atoms with E-state index in [1.807, 2.05) is 34.6 Å². The van der Waals surface area contributed by atoms with Crippen molar-refractivity contribution in [3.8, 4) is 0 Å². The second-order valence-electron chi connectivity index (χ2n) is 8.89. The van der Waals surface area contributed by atoms with Crippen molar-refractivity contribution in [2.24, 2.45) is 5.92 Å². The fourth-order valence-electron chi connectivity index (χ4n) is 3.56. The van der Waals surface area contributed by atoms with E-state index in [0.717, 1.165) is 17.0 Å². The molecule has 0 spiro atoms. The minimum atomic E-state index is -4.54. The van der Waals surface area contributed by atoms with Crippen LogP contribution in [0.1, 0.15) is 70.5 Å². The van der Waals surface area contributed by atoms with Gasteiger partial charge in [0, 0.05) is 42.1 Å². The van der Waals surface area contributed by atoms with Gasteiger partial charge in [0.15, 0.2) is 5.65 Å². The fourth-order valence-corrected chi connectivity index (χ4v) is 3.56. The normalized spacial score (nSPS) is 18.9. The molecule has 28 heavy (non-hydrogen) atoms. The summed E-state index contributed by atoms with van der Waals surface area (Å²) in [6, 6.07) is 2.72. The summed E-state index contributed by atoms with van der Waals surface area (Å²) >= 11 is 0. The average Bonchev–Trinajstić information content (AvgIpc) is 3.03. The van der Waals surface area contributed by atoms with Crippen LogP contribution < -0.4 is 0 Å². The molecule has 154 valence electrons. The zero-order valence-corrected chi connectivity index (χ0v) is 17.0. The molecule has 2 aromatic heterocycles. The smallest absolute Gasteiger partial charge is 0.342 e. The molecule has 8 heteroatoms. The number of halogens is 3. The van der Waals surface area contributed by atoms with Gasteiger partial charge in [-0.25, -0.2) is 9.50 Å². The average molecular weight is 396 g/mol. The topological polar surface area (TPSA) is 50.5 Å². The van der Waals surface area contributed by atoms with E-state index < -0.39 is 11.9 Å². The Balaban J connectivity index is 2.05. The first-order chi connectivity index (χ1) is 12.9. The van der Waals surface area contributed by atoms with Gasteiger partial charge in [-0.2, -0.15) is 18.3 Å². The van der Waals surface area contributed by atoms with Crippen LogP contribution in [-0.4, -0.2) is 38.5 Å². The van der Waals surface area contributed by atoms with Crippen LogP contribution in [0.4, 0.5) is 13.2 Å². The lowest BCUT2D eigenvalue weighted by atomic mass is 9.92. The second kappa shape index (κ2) is 7.04. The first kappa shape index (κ1) is 20.6. The number of fused-ring (bicyclic) bond motifs is 1. The standard InChI is InChI=1S/C20H27F3N4O/c1-12(2)18(28)26-8-6-7-13(11-26)14-9-16(20(21,22)23)27-17(24-14)10-15(25-27)19(3,4)5/h9-10,12-13H,6-8,11H2,1-5H3/t13-/m0/s1. The number of piperidine rings is 1. The lowest BCUT2D eigenvalue weighted by Gasteiger charge is -2.33. The molecule has 2 aromatic rings. The second-order valence-corrected chi connectivity index (χ2v) is 8.89. The van der Waals surface area contributed by atoms with Crippen molar-refractivity contribution in [1.82, 2.24) is 19.5 Å². The van der Waals surface area contributed by atoms with E-state index in [1.54, 1.807) is 11.0 Å². The molecule has 5 nitrogen and oxygen atoms in total. The number of hydrogen-bond donors (Lipinski definition) is 0. The molecule has 1 atom stereocenters. The zero-order chi connectivity index (χ0) is 20.9. The van der Waals surface area contributed by atoms with E-state index in [2.05, 4.69) is 10.1 Å². The number of amides is 1. The maximum atomic E-state index is 13.7. The Morgan fingerprint density at radius 3 is 2.46 bits per heavy atom. The summed E-state index contributed by atoms with van der Waals surface area (Å²) in [5.41, 5.74) is -0.0797. The minimum Gasteiger partial charge on any atom is -0.342 e. The molecule has 1 saturated heterocycles. The van der Waals surface area contributed by atoms with Crippen LogP contribution in [0.5, 0.6) is 0 Å². The number of nitrogens with zero attached hydrogens (tertiary/aromatic N) is 4. The Labute approximate surface area is 162 Å². The third kappa shape index (κ3) is 4.00. The van der Waals surface area contributed by atoms with Gasteiger partial charge < -0.3 is 4.90 Å². The Kier molecular flexibility index (Phi) is 5.18. The van der Waals surface area contributed by atoms with Crippen molar-refractivity contribution in [2.45, 2.75) is 65.0 Å². The van der Waals surface area contributed by atoms with Gasteiger partial charge in [0.05, 0.1) is 5.69 Å². The number of carbonyl (C=O) groups is 1. The number of carbonyl (C=O) groups excluding carboxylic acids is 1. The van der Waals surface area contributed by atoms with Gasteiger partial charge in [0.1, 0.15) is 5.69 Å². The molecule has 3 rings (SSSR count). The van der Waals surface area contributed by atoms with Gasteiger partial charge in [-0.05, 0) is 18.9 Å². The van der Waals surface area contributed by atoms with Crippen LogP contribution in [0.15, 0.2) is 12.1 Å². The summed E-state index contributed by atoms with van der Waals surface area (Å²) in [5.74, 6) is -0.319. The molecule has 0 bridgehead atoms. The van der Waals surface area contributed by atoms with Crippen LogP contribution in [0, 0.1) is 5.92 Å². The Bertz CT molecular complexity index is 880. The largest absolute Gasteiger partial charge is 0.433 e. The third-order valence-electron chi connectivity index (χ3n) is 5.15. The molecule has 0 aromatic carbocycles. The molecule has 0 radical (unpaired) electrons. The third-order valence-corrected chi connectivity index (χ3v) is 5.15. The maximum Gasteiger partial charge on any atom is 0.433 e. The van der Waals surface area contributed by atoms with E-state index in [0.29, 0.717) is 30.9 Å². The predicted molar refractivity (Wildman–Crippen MR) is 100 cm³/mol. The van der Waals surface area contributed by atoms with Gasteiger partial charge in [0.2, 0.25) is 5.91 Å². The monoisotopic (exact) mass is 396 g/mol. The highest BCUT2D eigenvalue weighted by atomic mass is 19.4. The summed E-state index contributed by atoms with van der Waals surface area (Å²) in [6.07, 6.45) is -3.08. The van der Waals surface area contributed by atoms with Crippen molar-refractivity contribution < 1.29 is 18.0 Å². The number of rotatable bonds is 2. The first-order valence-electron chi connectivity index (χ1n) is 9.65. The van der Waals surface area contributed by atoms with Gasteiger partial charge >= 0.3 is 6.18 Å². The molecule has 0 aliphatic carbocycles. The molecule has 0 N–H and O–H groups in total. The van der Waals surface area contributed by atoms with Crippen LogP contribution in [-0.2, 0) is 16.4 Å². The molecule has 1 aliphatic heterocycles. The molecule has 1 aliphatic rings. The highest BCUT2D eigenvalue weighted by molar-refractivity contribution is 5.78. The van der Waals surface area contributed by atoms with E-state index in [1.165, 1.54) is 0 Å². The number of hydrogen-bond acceptors (Lipinski definition) is 3. The summed E-state index contributed by atoms with van der Waals surface area (Å²) in [7, 11) is 0.